The summed E-state index contributed by atoms with van der Waals surface area (Å²) < 4.78 is 5.64. The van der Waals surface area contributed by atoms with Crippen LogP contribution < -0.4 is 10.1 Å². The van der Waals surface area contributed by atoms with Crippen molar-refractivity contribution in [3.63, 3.8) is 0 Å². The van der Waals surface area contributed by atoms with Crippen LogP contribution in [0.15, 0.2) is 43.0 Å². The quantitative estimate of drug-likeness (QED) is 0.841. The molecule has 4 heteroatoms. The summed E-state index contributed by atoms with van der Waals surface area (Å²) in [7, 11) is 1.96. The van der Waals surface area contributed by atoms with Crippen molar-refractivity contribution < 1.29 is 4.74 Å². The molecule has 1 atom stereocenters. The Hall–Kier alpha value is -1.94. The number of likely N-dealkylation sites (N-methyl/N-ethyl adjacent to an activating group) is 1. The molecule has 0 saturated heterocycles. The van der Waals surface area contributed by atoms with Gasteiger partial charge in [0.2, 0.25) is 0 Å². The van der Waals surface area contributed by atoms with Crippen molar-refractivity contribution >= 4 is 0 Å². The third-order valence-corrected chi connectivity index (χ3v) is 3.15. The summed E-state index contributed by atoms with van der Waals surface area (Å²) in [6, 6.07) is 6.35. The number of ether oxygens (including phenoxy) is 1. The zero-order valence-electron chi connectivity index (χ0n) is 12.0. The van der Waals surface area contributed by atoms with Crippen LogP contribution in [0.5, 0.6) is 5.75 Å². The summed E-state index contributed by atoms with van der Waals surface area (Å²) in [5.41, 5.74) is 2.39. The fourth-order valence-corrected chi connectivity index (χ4v) is 2.07. The summed E-state index contributed by atoms with van der Waals surface area (Å²) in [6.45, 7) is 2.82. The average Bonchev–Trinajstić information content (AvgIpc) is 2.52. The number of nitrogens with one attached hydrogen (secondary N) is 1. The smallest absolute Gasteiger partial charge is 0.137 e. The molecule has 0 aliphatic carbocycles. The second-order valence-corrected chi connectivity index (χ2v) is 4.70. The van der Waals surface area contributed by atoms with E-state index in [1.165, 1.54) is 5.56 Å². The van der Waals surface area contributed by atoms with Gasteiger partial charge in [-0.1, -0.05) is 6.92 Å². The molecule has 0 aromatic carbocycles. The maximum absolute atomic E-state index is 5.64. The van der Waals surface area contributed by atoms with Crippen LogP contribution in [0, 0.1) is 0 Å². The van der Waals surface area contributed by atoms with E-state index in [2.05, 4.69) is 28.3 Å². The zero-order valence-corrected chi connectivity index (χ0v) is 12.0. The monoisotopic (exact) mass is 271 g/mol. The highest BCUT2D eigenvalue weighted by molar-refractivity contribution is 5.27. The van der Waals surface area contributed by atoms with Crippen molar-refractivity contribution in [1.29, 1.82) is 0 Å². The lowest BCUT2D eigenvalue weighted by molar-refractivity contribution is 0.315. The number of rotatable bonds is 7. The van der Waals surface area contributed by atoms with Gasteiger partial charge in [0.05, 0.1) is 12.8 Å². The van der Waals surface area contributed by atoms with Gasteiger partial charge < -0.3 is 10.1 Å². The molecule has 0 fully saturated rings. The molecule has 20 heavy (non-hydrogen) atoms. The van der Waals surface area contributed by atoms with Crippen molar-refractivity contribution in [2.45, 2.75) is 25.8 Å². The minimum absolute atomic E-state index is 0.218. The lowest BCUT2D eigenvalue weighted by Crippen LogP contribution is -2.19. The van der Waals surface area contributed by atoms with Gasteiger partial charge >= 0.3 is 0 Å². The molecule has 1 unspecified atom stereocenters. The van der Waals surface area contributed by atoms with Crippen LogP contribution in [0.3, 0.4) is 0 Å². The first-order valence-corrected chi connectivity index (χ1v) is 6.97. The second kappa shape index (κ2) is 7.60. The van der Waals surface area contributed by atoms with Crippen LogP contribution in [0.25, 0.3) is 0 Å². The SMILES string of the molecule is CCCOc1cncc(C(Cc2ccncc2)NC)c1. The highest BCUT2D eigenvalue weighted by Crippen LogP contribution is 2.21. The van der Waals surface area contributed by atoms with Crippen molar-refractivity contribution in [3.8, 4) is 5.75 Å². The van der Waals surface area contributed by atoms with Crippen LogP contribution in [-0.2, 0) is 6.42 Å². The largest absolute Gasteiger partial charge is 0.492 e. The van der Waals surface area contributed by atoms with Gasteiger partial charge in [0, 0.05) is 24.6 Å². The first-order valence-electron chi connectivity index (χ1n) is 6.97. The summed E-state index contributed by atoms with van der Waals surface area (Å²) in [6.07, 6.45) is 9.19. The Balaban J connectivity index is 2.10. The van der Waals surface area contributed by atoms with Crippen molar-refractivity contribution in [1.82, 2.24) is 15.3 Å². The standard InChI is InChI=1S/C16H21N3O/c1-3-8-20-15-10-14(11-19-12-15)16(17-2)9-13-4-6-18-7-5-13/h4-7,10-12,16-17H,3,8-9H2,1-2H3. The van der Waals surface area contributed by atoms with Gasteiger partial charge in [0.1, 0.15) is 5.75 Å². The van der Waals surface area contributed by atoms with Gasteiger partial charge in [0.15, 0.2) is 0 Å². The van der Waals surface area contributed by atoms with E-state index in [1.807, 2.05) is 37.8 Å². The lowest BCUT2D eigenvalue weighted by atomic mass is 10.0. The third-order valence-electron chi connectivity index (χ3n) is 3.15. The van der Waals surface area contributed by atoms with Crippen LogP contribution >= 0.6 is 0 Å². The summed E-state index contributed by atoms with van der Waals surface area (Å²) in [4.78, 5) is 8.32. The Morgan fingerprint density at radius 3 is 2.70 bits per heavy atom. The molecule has 2 heterocycles. The van der Waals surface area contributed by atoms with Crippen molar-refractivity contribution in [2.24, 2.45) is 0 Å². The molecular formula is C16H21N3O. The molecule has 0 saturated carbocycles. The molecule has 0 radical (unpaired) electrons. The minimum Gasteiger partial charge on any atom is -0.492 e. The summed E-state index contributed by atoms with van der Waals surface area (Å²) in [5.74, 6) is 0.833. The second-order valence-electron chi connectivity index (χ2n) is 4.70. The summed E-state index contributed by atoms with van der Waals surface area (Å²) >= 11 is 0. The van der Waals surface area contributed by atoms with Gasteiger partial charge in [-0.2, -0.15) is 0 Å². The molecule has 2 aromatic rings. The lowest BCUT2D eigenvalue weighted by Gasteiger charge is -2.17. The molecule has 0 aliphatic heterocycles. The Labute approximate surface area is 120 Å². The molecule has 0 spiro atoms. The Morgan fingerprint density at radius 2 is 2.00 bits per heavy atom. The van der Waals surface area contributed by atoms with E-state index in [0.29, 0.717) is 0 Å². The van der Waals surface area contributed by atoms with E-state index in [1.54, 1.807) is 6.20 Å². The Kier molecular flexibility index (Phi) is 5.50. The van der Waals surface area contributed by atoms with Crippen LogP contribution in [-0.4, -0.2) is 23.6 Å². The Morgan fingerprint density at radius 1 is 1.20 bits per heavy atom. The number of hydrogen-bond acceptors (Lipinski definition) is 4. The third kappa shape index (κ3) is 4.03. The average molecular weight is 271 g/mol. The van der Waals surface area contributed by atoms with Gasteiger partial charge in [-0.05, 0) is 49.2 Å². The van der Waals surface area contributed by atoms with Crippen LogP contribution in [0.2, 0.25) is 0 Å². The van der Waals surface area contributed by atoms with Crippen LogP contribution in [0.4, 0.5) is 0 Å². The number of aromatic nitrogens is 2. The van der Waals surface area contributed by atoms with E-state index in [-0.39, 0.29) is 6.04 Å². The maximum Gasteiger partial charge on any atom is 0.137 e. The maximum atomic E-state index is 5.64. The van der Waals surface area contributed by atoms with Crippen LogP contribution in [0.1, 0.15) is 30.5 Å². The predicted octanol–water partition coefficient (Wildman–Crippen LogP) is 2.77. The first kappa shape index (κ1) is 14.5. The fourth-order valence-electron chi connectivity index (χ4n) is 2.07. The van der Waals surface area contributed by atoms with Gasteiger partial charge in [0.25, 0.3) is 0 Å². The number of pyridine rings is 2. The normalized spacial score (nSPS) is 12.1. The molecule has 1 N–H and O–H groups in total. The van der Waals surface area contributed by atoms with Gasteiger partial charge in [-0.15, -0.1) is 0 Å². The van der Waals surface area contributed by atoms with Gasteiger partial charge in [-0.25, -0.2) is 0 Å². The molecule has 2 rings (SSSR count). The van der Waals surface area contributed by atoms with E-state index >= 15 is 0 Å². The number of nitrogens with zero attached hydrogens (tertiary/aromatic N) is 2. The molecule has 106 valence electrons. The molecule has 4 nitrogen and oxygen atoms in total. The Bertz CT molecular complexity index is 516. The van der Waals surface area contributed by atoms with Gasteiger partial charge in [-0.3, -0.25) is 9.97 Å². The predicted molar refractivity (Wildman–Crippen MR) is 79.8 cm³/mol. The van der Waals surface area contributed by atoms with E-state index in [0.717, 1.165) is 30.8 Å². The molecule has 0 bridgehead atoms. The highest BCUT2D eigenvalue weighted by atomic mass is 16.5. The van der Waals surface area contributed by atoms with Crippen molar-refractivity contribution in [3.05, 3.63) is 54.1 Å². The highest BCUT2D eigenvalue weighted by Gasteiger charge is 2.11. The zero-order chi connectivity index (χ0) is 14.2. The first-order chi connectivity index (χ1) is 9.83. The van der Waals surface area contributed by atoms with E-state index in [9.17, 15) is 0 Å². The molecule has 0 amide bonds. The molecular weight excluding hydrogens is 250 g/mol. The van der Waals surface area contributed by atoms with Crippen molar-refractivity contribution in [2.75, 3.05) is 13.7 Å². The summed E-state index contributed by atoms with van der Waals surface area (Å²) in [5, 5.41) is 3.33. The molecule has 0 aliphatic rings. The molecule has 2 aromatic heterocycles. The fraction of sp³-hybridized carbons (Fsp3) is 0.375. The minimum atomic E-state index is 0.218. The number of hydrogen-bond donors (Lipinski definition) is 1. The topological polar surface area (TPSA) is 47.0 Å². The van der Waals surface area contributed by atoms with E-state index < -0.39 is 0 Å². The van der Waals surface area contributed by atoms with E-state index in [4.69, 9.17) is 4.74 Å².